The van der Waals surface area contributed by atoms with Gasteiger partial charge in [-0.1, -0.05) is 18.2 Å². The van der Waals surface area contributed by atoms with E-state index in [1.54, 1.807) is 18.9 Å². The number of ether oxygens (including phenoxy) is 1. The van der Waals surface area contributed by atoms with Crippen LogP contribution in [0.5, 0.6) is 5.75 Å². The fourth-order valence-corrected chi connectivity index (χ4v) is 2.39. The molecule has 0 bridgehead atoms. The van der Waals surface area contributed by atoms with E-state index in [9.17, 15) is 9.59 Å². The number of carboxylic acid groups (broad SMARTS) is 1. The van der Waals surface area contributed by atoms with E-state index in [2.05, 4.69) is 10.6 Å². The molecule has 0 heterocycles. The maximum atomic E-state index is 11.7. The second-order valence-corrected chi connectivity index (χ2v) is 5.62. The Morgan fingerprint density at radius 1 is 1.36 bits per heavy atom. The average Bonchev–Trinajstić information content (AvgIpc) is 2.51. The molecule has 0 saturated carbocycles. The fraction of sp³-hybridized carbons (Fsp3) is 0.467. The van der Waals surface area contributed by atoms with Crippen molar-refractivity contribution in [2.45, 2.75) is 18.9 Å². The minimum absolute atomic E-state index is 0.399. The van der Waals surface area contributed by atoms with Gasteiger partial charge in [0, 0.05) is 6.54 Å². The third-order valence-corrected chi connectivity index (χ3v) is 3.73. The van der Waals surface area contributed by atoms with Gasteiger partial charge in [-0.3, -0.25) is 0 Å². The summed E-state index contributed by atoms with van der Waals surface area (Å²) in [6, 6.07) is 6.24. The number of urea groups is 1. The molecular weight excluding hydrogens is 304 g/mol. The first kappa shape index (κ1) is 18.2. The van der Waals surface area contributed by atoms with Crippen molar-refractivity contribution in [2.75, 3.05) is 25.7 Å². The first-order chi connectivity index (χ1) is 10.6. The number of methoxy groups -OCH3 is 1. The number of amides is 2. The van der Waals surface area contributed by atoms with Gasteiger partial charge in [0.05, 0.1) is 7.11 Å². The molecule has 3 N–H and O–H groups in total. The summed E-state index contributed by atoms with van der Waals surface area (Å²) in [6.45, 7) is 0.404. The summed E-state index contributed by atoms with van der Waals surface area (Å²) in [6.07, 6.45) is 2.91. The van der Waals surface area contributed by atoms with Crippen molar-refractivity contribution >= 4 is 23.8 Å². The SMILES string of the molecule is COc1ccccc1CCNC(=O)NC(CCSC)C(=O)O. The van der Waals surface area contributed by atoms with E-state index >= 15 is 0 Å². The second kappa shape index (κ2) is 9.94. The maximum absolute atomic E-state index is 11.7. The molecule has 122 valence electrons. The van der Waals surface area contributed by atoms with Crippen LogP contribution in [-0.2, 0) is 11.2 Å². The van der Waals surface area contributed by atoms with Gasteiger partial charge in [0.15, 0.2) is 0 Å². The lowest BCUT2D eigenvalue weighted by Crippen LogP contribution is -2.46. The Morgan fingerprint density at radius 3 is 2.73 bits per heavy atom. The van der Waals surface area contributed by atoms with Crippen LogP contribution in [0.25, 0.3) is 0 Å². The first-order valence-corrected chi connectivity index (χ1v) is 8.36. The molecule has 7 heteroatoms. The zero-order valence-electron chi connectivity index (χ0n) is 12.8. The summed E-state index contributed by atoms with van der Waals surface area (Å²) in [5.74, 6) is 0.431. The number of thioether (sulfide) groups is 1. The predicted molar refractivity (Wildman–Crippen MR) is 87.7 cm³/mol. The molecule has 1 atom stereocenters. The van der Waals surface area contributed by atoms with Gasteiger partial charge in [-0.2, -0.15) is 11.8 Å². The van der Waals surface area contributed by atoms with Crippen molar-refractivity contribution in [2.24, 2.45) is 0 Å². The van der Waals surface area contributed by atoms with Gasteiger partial charge in [0.25, 0.3) is 0 Å². The van der Waals surface area contributed by atoms with Crippen LogP contribution in [0.2, 0.25) is 0 Å². The normalized spacial score (nSPS) is 11.5. The van der Waals surface area contributed by atoms with Crippen molar-refractivity contribution in [1.29, 1.82) is 0 Å². The summed E-state index contributed by atoms with van der Waals surface area (Å²) >= 11 is 1.54. The lowest BCUT2D eigenvalue weighted by atomic mass is 10.1. The molecule has 0 aliphatic rings. The Bertz CT molecular complexity index is 496. The van der Waals surface area contributed by atoms with Crippen molar-refractivity contribution in [3.05, 3.63) is 29.8 Å². The van der Waals surface area contributed by atoms with Gasteiger partial charge in [0.2, 0.25) is 0 Å². The van der Waals surface area contributed by atoms with Gasteiger partial charge >= 0.3 is 12.0 Å². The zero-order valence-corrected chi connectivity index (χ0v) is 13.6. The van der Waals surface area contributed by atoms with Crippen LogP contribution in [0.1, 0.15) is 12.0 Å². The standard InChI is InChI=1S/C15H22N2O4S/c1-21-13-6-4-3-5-11(13)7-9-16-15(20)17-12(14(18)19)8-10-22-2/h3-6,12H,7-10H2,1-2H3,(H,18,19)(H2,16,17,20). The summed E-state index contributed by atoms with van der Waals surface area (Å²) in [5.41, 5.74) is 0.988. The van der Waals surface area contributed by atoms with Crippen LogP contribution in [0.4, 0.5) is 4.79 Å². The van der Waals surface area contributed by atoms with Crippen molar-refractivity contribution < 1.29 is 19.4 Å². The molecule has 0 aliphatic heterocycles. The maximum Gasteiger partial charge on any atom is 0.326 e. The number of hydrogen-bond acceptors (Lipinski definition) is 4. The first-order valence-electron chi connectivity index (χ1n) is 6.96. The molecule has 0 saturated heterocycles. The quantitative estimate of drug-likeness (QED) is 0.643. The molecule has 0 aromatic heterocycles. The topological polar surface area (TPSA) is 87.7 Å². The monoisotopic (exact) mass is 326 g/mol. The van der Waals surface area contributed by atoms with Crippen molar-refractivity contribution in [1.82, 2.24) is 10.6 Å². The average molecular weight is 326 g/mol. The highest BCUT2D eigenvalue weighted by Gasteiger charge is 2.18. The Kier molecular flexibility index (Phi) is 8.21. The van der Waals surface area contributed by atoms with Crippen molar-refractivity contribution in [3.8, 4) is 5.75 Å². The fourth-order valence-electron chi connectivity index (χ4n) is 1.92. The molecule has 0 spiro atoms. The van der Waals surface area contributed by atoms with Crippen LogP contribution in [0.15, 0.2) is 24.3 Å². The minimum atomic E-state index is -1.02. The molecule has 0 aliphatic carbocycles. The highest BCUT2D eigenvalue weighted by atomic mass is 32.2. The molecule has 1 rings (SSSR count). The molecule has 2 amide bonds. The minimum Gasteiger partial charge on any atom is -0.496 e. The van der Waals surface area contributed by atoms with Crippen LogP contribution in [0, 0.1) is 0 Å². The molecule has 1 unspecified atom stereocenters. The third-order valence-electron chi connectivity index (χ3n) is 3.09. The zero-order chi connectivity index (χ0) is 16.4. The van der Waals surface area contributed by atoms with Crippen LogP contribution < -0.4 is 15.4 Å². The lowest BCUT2D eigenvalue weighted by Gasteiger charge is -2.15. The van der Waals surface area contributed by atoms with E-state index < -0.39 is 18.0 Å². The Labute approximate surface area is 134 Å². The summed E-state index contributed by atoms with van der Waals surface area (Å²) in [4.78, 5) is 22.8. The molecule has 1 aromatic carbocycles. The highest BCUT2D eigenvalue weighted by Crippen LogP contribution is 2.17. The molecule has 0 fully saturated rings. The highest BCUT2D eigenvalue weighted by molar-refractivity contribution is 7.98. The smallest absolute Gasteiger partial charge is 0.326 e. The predicted octanol–water partition coefficient (Wildman–Crippen LogP) is 1.74. The summed E-state index contributed by atoms with van der Waals surface area (Å²) in [5, 5.41) is 14.2. The number of rotatable bonds is 9. The van der Waals surface area contributed by atoms with Crippen LogP contribution >= 0.6 is 11.8 Å². The number of aliphatic carboxylic acids is 1. The number of carbonyl (C=O) groups excluding carboxylic acids is 1. The number of para-hydroxylation sites is 1. The van der Waals surface area contributed by atoms with Crippen molar-refractivity contribution in [3.63, 3.8) is 0 Å². The van der Waals surface area contributed by atoms with E-state index in [1.807, 2.05) is 30.5 Å². The van der Waals surface area contributed by atoms with Gasteiger partial charge < -0.3 is 20.5 Å². The number of nitrogens with one attached hydrogen (secondary N) is 2. The summed E-state index contributed by atoms with van der Waals surface area (Å²) in [7, 11) is 1.60. The lowest BCUT2D eigenvalue weighted by molar-refractivity contribution is -0.139. The Hall–Kier alpha value is -1.89. The second-order valence-electron chi connectivity index (χ2n) is 4.63. The van der Waals surface area contributed by atoms with E-state index in [-0.39, 0.29) is 0 Å². The van der Waals surface area contributed by atoms with Gasteiger partial charge in [0.1, 0.15) is 11.8 Å². The van der Waals surface area contributed by atoms with E-state index in [0.29, 0.717) is 25.1 Å². The number of hydrogen-bond donors (Lipinski definition) is 3. The number of carboxylic acids is 1. The largest absolute Gasteiger partial charge is 0.496 e. The van der Waals surface area contributed by atoms with Gasteiger partial charge in [-0.15, -0.1) is 0 Å². The number of benzene rings is 1. The molecule has 6 nitrogen and oxygen atoms in total. The molecular formula is C15H22N2O4S. The van der Waals surface area contributed by atoms with E-state index in [0.717, 1.165) is 11.3 Å². The summed E-state index contributed by atoms with van der Waals surface area (Å²) < 4.78 is 5.23. The van der Waals surface area contributed by atoms with E-state index in [4.69, 9.17) is 9.84 Å². The van der Waals surface area contributed by atoms with Crippen LogP contribution in [-0.4, -0.2) is 48.8 Å². The molecule has 22 heavy (non-hydrogen) atoms. The third kappa shape index (κ3) is 6.26. The molecule has 0 radical (unpaired) electrons. The van der Waals surface area contributed by atoms with Crippen LogP contribution in [0.3, 0.4) is 0 Å². The Morgan fingerprint density at radius 2 is 2.09 bits per heavy atom. The van der Waals surface area contributed by atoms with Gasteiger partial charge in [-0.25, -0.2) is 9.59 Å². The Balaban J connectivity index is 2.40. The van der Waals surface area contributed by atoms with Gasteiger partial charge in [-0.05, 0) is 36.5 Å². The number of carbonyl (C=O) groups is 2. The molecule has 1 aromatic rings. The van der Waals surface area contributed by atoms with E-state index in [1.165, 1.54) is 0 Å².